The molecule has 6 nitrogen and oxygen atoms in total. The van der Waals surface area contributed by atoms with E-state index in [0.29, 0.717) is 17.5 Å². The molecule has 35 heavy (non-hydrogen) atoms. The van der Waals surface area contributed by atoms with Gasteiger partial charge in [0.25, 0.3) is 0 Å². The van der Waals surface area contributed by atoms with Crippen molar-refractivity contribution in [2.75, 3.05) is 7.11 Å². The van der Waals surface area contributed by atoms with Gasteiger partial charge in [-0.25, -0.2) is 0 Å². The lowest BCUT2D eigenvalue weighted by Gasteiger charge is -2.42. The van der Waals surface area contributed by atoms with Crippen LogP contribution in [-0.2, 0) is 22.1 Å². The predicted octanol–water partition coefficient (Wildman–Crippen LogP) is 5.11. The topological polar surface area (TPSA) is 92.3 Å². The van der Waals surface area contributed by atoms with Gasteiger partial charge in [0, 0.05) is 31.1 Å². The van der Waals surface area contributed by atoms with Crippen LogP contribution < -0.4 is 5.73 Å². The Morgan fingerprint density at radius 3 is 2.46 bits per heavy atom. The normalized spacial score (nSPS) is 24.0. The number of nitrogens with two attached hydrogens (primary N) is 1. The number of nitrogens with zero attached hydrogens (tertiary/aromatic N) is 2. The van der Waals surface area contributed by atoms with Gasteiger partial charge in [0.05, 0.1) is 17.6 Å². The molecule has 1 fully saturated rings. The van der Waals surface area contributed by atoms with Crippen LogP contribution in [0.15, 0.2) is 36.7 Å². The number of benzene rings is 1. The van der Waals surface area contributed by atoms with Crippen molar-refractivity contribution in [3.63, 3.8) is 0 Å². The first kappa shape index (κ1) is 25.2. The van der Waals surface area contributed by atoms with E-state index in [1.807, 2.05) is 26.0 Å². The number of alkyl halides is 3. The smallest absolute Gasteiger partial charge is 0.381 e. The molecule has 188 valence electrons. The van der Waals surface area contributed by atoms with Gasteiger partial charge < -0.3 is 10.5 Å². The van der Waals surface area contributed by atoms with Crippen molar-refractivity contribution in [1.82, 2.24) is 9.88 Å². The van der Waals surface area contributed by atoms with E-state index < -0.39 is 17.7 Å². The number of amides is 1. The molecule has 1 aromatic heterocycles. The molecule has 2 aliphatic carbocycles. The number of hydrogen-bond donors (Lipinski definition) is 2. The molecular formula is C26H31F3N4O2. The van der Waals surface area contributed by atoms with Crippen LogP contribution in [0.3, 0.4) is 0 Å². The van der Waals surface area contributed by atoms with Crippen LogP contribution in [0.4, 0.5) is 13.2 Å². The number of guanidine groups is 1. The van der Waals surface area contributed by atoms with Gasteiger partial charge in [0.2, 0.25) is 5.91 Å². The van der Waals surface area contributed by atoms with Crippen LogP contribution >= 0.6 is 0 Å². The van der Waals surface area contributed by atoms with E-state index in [-0.39, 0.29) is 29.4 Å². The van der Waals surface area contributed by atoms with E-state index in [9.17, 15) is 18.0 Å². The first-order valence-corrected chi connectivity index (χ1v) is 11.8. The maximum Gasteiger partial charge on any atom is 0.417 e. The standard InChI is InChI=1S/C26H31F3N4O2/c1-15(2)33(24(30)31)23(34)22-21-11-16(18-10-19(14-32-13-18)26(27,28)29)4-5-17(21)12-25(22)8-6-20(35-3)7-9-25/h4-5,10-11,13-15,20,22H,6-9,12H2,1-3H3,(H3,30,31). The molecule has 1 unspecified atom stereocenters. The molecule has 0 bridgehead atoms. The molecule has 0 saturated heterocycles. The molecule has 1 amide bonds. The number of nitrogens with one attached hydrogen (secondary N) is 1. The van der Waals surface area contributed by atoms with E-state index in [0.717, 1.165) is 49.1 Å². The summed E-state index contributed by atoms with van der Waals surface area (Å²) in [5.41, 5.74) is 7.37. The molecule has 2 aliphatic rings. The predicted molar refractivity (Wildman–Crippen MR) is 127 cm³/mol. The summed E-state index contributed by atoms with van der Waals surface area (Å²) in [6.45, 7) is 3.63. The molecule has 3 N–H and O–H groups in total. The van der Waals surface area contributed by atoms with Gasteiger partial charge in [-0.1, -0.05) is 18.2 Å². The Morgan fingerprint density at radius 2 is 1.89 bits per heavy atom. The number of pyridine rings is 1. The summed E-state index contributed by atoms with van der Waals surface area (Å²) in [4.78, 5) is 19.1. The fraction of sp³-hybridized carbons (Fsp3) is 0.500. The second-order valence-corrected chi connectivity index (χ2v) is 9.97. The van der Waals surface area contributed by atoms with Crippen LogP contribution in [0.1, 0.15) is 62.1 Å². The molecular weight excluding hydrogens is 457 g/mol. The summed E-state index contributed by atoms with van der Waals surface area (Å²) in [5.74, 6) is -1.08. The summed E-state index contributed by atoms with van der Waals surface area (Å²) < 4.78 is 45.4. The summed E-state index contributed by atoms with van der Waals surface area (Å²) in [7, 11) is 1.69. The largest absolute Gasteiger partial charge is 0.417 e. The molecule has 2 aromatic rings. The number of rotatable bonds is 4. The maximum absolute atomic E-state index is 14.0. The minimum Gasteiger partial charge on any atom is -0.381 e. The van der Waals surface area contributed by atoms with Crippen LogP contribution in [0, 0.1) is 10.8 Å². The van der Waals surface area contributed by atoms with Crippen LogP contribution in [0.2, 0.25) is 0 Å². The summed E-state index contributed by atoms with van der Waals surface area (Å²) in [6, 6.07) is 6.31. The zero-order chi connectivity index (χ0) is 25.5. The molecule has 1 saturated carbocycles. The molecule has 1 heterocycles. The van der Waals surface area contributed by atoms with Crippen molar-refractivity contribution >= 4 is 11.9 Å². The van der Waals surface area contributed by atoms with E-state index in [2.05, 4.69) is 4.98 Å². The molecule has 4 rings (SSSR count). The van der Waals surface area contributed by atoms with Gasteiger partial charge in [-0.3, -0.25) is 20.1 Å². The second kappa shape index (κ2) is 9.26. The first-order valence-electron chi connectivity index (χ1n) is 11.8. The van der Waals surface area contributed by atoms with E-state index >= 15 is 0 Å². The monoisotopic (exact) mass is 488 g/mol. The highest BCUT2D eigenvalue weighted by Gasteiger charge is 2.52. The number of carbonyl (C=O) groups is 1. The Morgan fingerprint density at radius 1 is 1.20 bits per heavy atom. The van der Waals surface area contributed by atoms with Crippen molar-refractivity contribution in [3.8, 4) is 11.1 Å². The SMILES string of the molecule is COC1CCC2(CC1)Cc1ccc(-c3cncc(C(F)(F)F)c3)cc1C2C(=O)N(C(=N)N)C(C)C. The van der Waals surface area contributed by atoms with Crippen LogP contribution in [-0.4, -0.2) is 41.0 Å². The Balaban J connectivity index is 1.80. The number of halogens is 3. The average Bonchev–Trinajstić information content (AvgIpc) is 3.11. The van der Waals surface area contributed by atoms with Crippen molar-refractivity contribution in [2.45, 2.75) is 70.2 Å². The van der Waals surface area contributed by atoms with Gasteiger partial charge in [-0.05, 0) is 74.1 Å². The van der Waals surface area contributed by atoms with Crippen molar-refractivity contribution in [2.24, 2.45) is 11.1 Å². The Bertz CT molecular complexity index is 1120. The van der Waals surface area contributed by atoms with Crippen LogP contribution in [0.5, 0.6) is 0 Å². The molecule has 9 heteroatoms. The number of methoxy groups -OCH3 is 1. The molecule has 1 atom stereocenters. The number of hydrogen-bond acceptors (Lipinski definition) is 4. The van der Waals surface area contributed by atoms with Gasteiger partial charge in [0.1, 0.15) is 0 Å². The number of carbonyl (C=O) groups excluding carboxylic acids is 1. The van der Waals surface area contributed by atoms with Crippen molar-refractivity contribution in [1.29, 1.82) is 5.41 Å². The molecule has 0 radical (unpaired) electrons. The Kier molecular flexibility index (Phi) is 6.66. The average molecular weight is 489 g/mol. The van der Waals surface area contributed by atoms with Crippen molar-refractivity contribution in [3.05, 3.63) is 53.3 Å². The zero-order valence-electron chi connectivity index (χ0n) is 20.2. The fourth-order valence-corrected chi connectivity index (χ4v) is 5.82. The van der Waals surface area contributed by atoms with Gasteiger partial charge in [-0.2, -0.15) is 13.2 Å². The third-order valence-corrected chi connectivity index (χ3v) is 7.53. The highest BCUT2D eigenvalue weighted by atomic mass is 19.4. The van der Waals surface area contributed by atoms with Gasteiger partial charge >= 0.3 is 6.18 Å². The molecule has 1 aromatic carbocycles. The third kappa shape index (κ3) is 4.66. The summed E-state index contributed by atoms with van der Waals surface area (Å²) >= 11 is 0. The van der Waals surface area contributed by atoms with Crippen molar-refractivity contribution < 1.29 is 22.7 Å². The fourth-order valence-electron chi connectivity index (χ4n) is 5.82. The Hall–Kier alpha value is -2.94. The van der Waals surface area contributed by atoms with Gasteiger partial charge in [-0.15, -0.1) is 0 Å². The van der Waals surface area contributed by atoms with Gasteiger partial charge in [0.15, 0.2) is 5.96 Å². The zero-order valence-corrected chi connectivity index (χ0v) is 20.2. The minimum absolute atomic E-state index is 0.140. The minimum atomic E-state index is -4.50. The van der Waals surface area contributed by atoms with E-state index in [4.69, 9.17) is 15.9 Å². The highest BCUT2D eigenvalue weighted by Crippen LogP contribution is 2.56. The lowest BCUT2D eigenvalue weighted by molar-refractivity contribution is -0.138. The molecule has 1 spiro atoms. The van der Waals surface area contributed by atoms with E-state index in [1.165, 1.54) is 11.1 Å². The Labute approximate surface area is 203 Å². The number of fused-ring (bicyclic) bond motifs is 1. The summed E-state index contributed by atoms with van der Waals surface area (Å²) in [6.07, 6.45) is 1.74. The lowest BCUT2D eigenvalue weighted by atomic mass is 9.65. The highest BCUT2D eigenvalue weighted by molar-refractivity contribution is 5.99. The maximum atomic E-state index is 14.0. The first-order chi connectivity index (χ1) is 16.5. The number of aromatic nitrogens is 1. The van der Waals surface area contributed by atoms with E-state index in [1.54, 1.807) is 13.2 Å². The third-order valence-electron chi connectivity index (χ3n) is 7.53. The quantitative estimate of drug-likeness (QED) is 0.462. The summed E-state index contributed by atoms with van der Waals surface area (Å²) in [5, 5.41) is 8.03. The lowest BCUT2D eigenvalue weighted by Crippen LogP contribution is -2.50. The molecule has 0 aliphatic heterocycles. The number of ether oxygens (including phenoxy) is 1. The van der Waals surface area contributed by atoms with Crippen LogP contribution in [0.25, 0.3) is 11.1 Å². The second-order valence-electron chi connectivity index (χ2n) is 9.97.